The second kappa shape index (κ2) is 7.02. The van der Waals surface area contributed by atoms with Gasteiger partial charge in [-0.1, -0.05) is 6.92 Å². The second-order valence-corrected chi connectivity index (χ2v) is 7.92. The Labute approximate surface area is 164 Å². The van der Waals surface area contributed by atoms with E-state index >= 15 is 0 Å². The lowest BCUT2D eigenvalue weighted by molar-refractivity contribution is 0.256. The molecule has 0 unspecified atom stereocenters. The van der Waals surface area contributed by atoms with Crippen molar-refractivity contribution in [2.75, 3.05) is 20.1 Å². The molecule has 0 bridgehead atoms. The highest BCUT2D eigenvalue weighted by Crippen LogP contribution is 2.33. The molecular formula is C22H26N6. The number of rotatable bonds is 4. The fraction of sp³-hybridized carbons (Fsp3) is 0.409. The van der Waals surface area contributed by atoms with E-state index in [9.17, 15) is 0 Å². The minimum absolute atomic E-state index is 0.590. The molecule has 28 heavy (non-hydrogen) atoms. The van der Waals surface area contributed by atoms with Crippen molar-refractivity contribution >= 4 is 16.6 Å². The number of fused-ring (bicyclic) bond motifs is 2. The number of nitrogens with zero attached hydrogens (tertiary/aromatic N) is 5. The molecule has 1 fully saturated rings. The second-order valence-electron chi connectivity index (χ2n) is 7.92. The summed E-state index contributed by atoms with van der Waals surface area (Å²) >= 11 is 0. The smallest absolute Gasteiger partial charge is 0.141 e. The molecule has 1 saturated heterocycles. The molecule has 0 spiro atoms. The molecule has 0 aliphatic carbocycles. The van der Waals surface area contributed by atoms with Gasteiger partial charge in [0.2, 0.25) is 0 Å². The van der Waals surface area contributed by atoms with Crippen LogP contribution in [0.5, 0.6) is 0 Å². The van der Waals surface area contributed by atoms with Gasteiger partial charge in [-0.05, 0) is 63.0 Å². The van der Waals surface area contributed by atoms with Gasteiger partial charge < -0.3 is 9.88 Å². The molecule has 1 aliphatic heterocycles. The van der Waals surface area contributed by atoms with Crippen molar-refractivity contribution in [3.63, 3.8) is 0 Å². The van der Waals surface area contributed by atoms with Crippen LogP contribution in [0.15, 0.2) is 36.9 Å². The molecule has 5 heterocycles. The van der Waals surface area contributed by atoms with E-state index in [0.717, 1.165) is 48.4 Å². The van der Waals surface area contributed by atoms with Crippen molar-refractivity contribution in [2.24, 2.45) is 0 Å². The highest BCUT2D eigenvalue weighted by atomic mass is 15.2. The Kier molecular flexibility index (Phi) is 4.36. The van der Waals surface area contributed by atoms with E-state index in [1.54, 1.807) is 0 Å². The molecule has 0 saturated carbocycles. The first-order valence-corrected chi connectivity index (χ1v) is 10.2. The zero-order valence-corrected chi connectivity index (χ0v) is 16.5. The summed E-state index contributed by atoms with van der Waals surface area (Å²) in [6.07, 6.45) is 12.5. The Morgan fingerprint density at radius 2 is 2.07 bits per heavy atom. The summed E-state index contributed by atoms with van der Waals surface area (Å²) in [5, 5.41) is 5.67. The average Bonchev–Trinajstić information content (AvgIpc) is 3.32. The Morgan fingerprint density at radius 1 is 1.21 bits per heavy atom. The number of likely N-dealkylation sites (tertiary alicyclic amines) is 1. The molecule has 1 N–H and O–H groups in total. The van der Waals surface area contributed by atoms with Crippen molar-refractivity contribution in [3.8, 4) is 11.1 Å². The molecule has 4 aromatic rings. The predicted octanol–water partition coefficient (Wildman–Crippen LogP) is 4.03. The summed E-state index contributed by atoms with van der Waals surface area (Å²) in [7, 11) is 2.20. The summed E-state index contributed by atoms with van der Waals surface area (Å²) in [6.45, 7) is 4.46. The maximum Gasteiger partial charge on any atom is 0.141 e. The summed E-state index contributed by atoms with van der Waals surface area (Å²) in [4.78, 5) is 15.0. The van der Waals surface area contributed by atoms with E-state index in [1.165, 1.54) is 29.5 Å². The van der Waals surface area contributed by atoms with Gasteiger partial charge in [-0.3, -0.25) is 0 Å². The fourth-order valence-corrected chi connectivity index (χ4v) is 4.33. The molecule has 0 amide bonds. The van der Waals surface area contributed by atoms with Gasteiger partial charge in [0.05, 0.1) is 11.7 Å². The lowest BCUT2D eigenvalue weighted by atomic mass is 9.90. The molecule has 4 aromatic heterocycles. The molecule has 144 valence electrons. The normalized spacial score (nSPS) is 16.4. The molecule has 5 rings (SSSR count). The van der Waals surface area contributed by atoms with Crippen molar-refractivity contribution < 1.29 is 0 Å². The number of aromatic nitrogens is 5. The van der Waals surface area contributed by atoms with Gasteiger partial charge in [-0.15, -0.1) is 0 Å². The Balaban J connectivity index is 1.54. The third-order valence-corrected chi connectivity index (χ3v) is 5.98. The topological polar surface area (TPSA) is 62.1 Å². The summed E-state index contributed by atoms with van der Waals surface area (Å²) in [5.74, 6) is 1.49. The number of aryl methyl sites for hydroxylation is 1. The summed E-state index contributed by atoms with van der Waals surface area (Å²) in [6, 6.07) is 4.39. The van der Waals surface area contributed by atoms with Gasteiger partial charge >= 0.3 is 0 Å². The molecule has 6 heteroatoms. The molecule has 6 nitrogen and oxygen atoms in total. The van der Waals surface area contributed by atoms with Crippen LogP contribution >= 0.6 is 0 Å². The van der Waals surface area contributed by atoms with Gasteiger partial charge in [0.15, 0.2) is 0 Å². The third kappa shape index (κ3) is 2.98. The first kappa shape index (κ1) is 17.4. The highest BCUT2D eigenvalue weighted by molar-refractivity contribution is 5.93. The minimum Gasteiger partial charge on any atom is -0.345 e. The summed E-state index contributed by atoms with van der Waals surface area (Å²) < 4.78 is 2.00. The Morgan fingerprint density at radius 3 is 2.89 bits per heavy atom. The standard InChI is InChI=1S/C22H26N6/c1-3-4-21-23-13-19-17(12-24-22(19)26-21)16-7-10-28-20(11-16)18(14-25-28)15-5-8-27(2)9-6-15/h7,10-15H,3-6,8-9H2,1-2H3,(H,23,24,26). The number of hydrogen-bond donors (Lipinski definition) is 1. The lowest BCUT2D eigenvalue weighted by Crippen LogP contribution is -2.29. The molecule has 0 atom stereocenters. The first-order valence-electron chi connectivity index (χ1n) is 10.2. The van der Waals surface area contributed by atoms with Gasteiger partial charge in [0.25, 0.3) is 0 Å². The number of nitrogens with one attached hydrogen (secondary N) is 1. The third-order valence-electron chi connectivity index (χ3n) is 5.98. The van der Waals surface area contributed by atoms with Gasteiger partial charge in [0, 0.05) is 41.5 Å². The molecular weight excluding hydrogens is 348 g/mol. The van der Waals surface area contributed by atoms with E-state index in [0.29, 0.717) is 5.92 Å². The maximum atomic E-state index is 4.67. The molecule has 1 aliphatic rings. The average molecular weight is 374 g/mol. The van der Waals surface area contributed by atoms with E-state index in [1.807, 2.05) is 16.9 Å². The molecule has 0 radical (unpaired) electrons. The van der Waals surface area contributed by atoms with Crippen molar-refractivity contribution in [3.05, 3.63) is 48.3 Å². The predicted molar refractivity (Wildman–Crippen MR) is 112 cm³/mol. The van der Waals surface area contributed by atoms with Crippen molar-refractivity contribution in [1.29, 1.82) is 0 Å². The van der Waals surface area contributed by atoms with Crippen LogP contribution < -0.4 is 0 Å². The van der Waals surface area contributed by atoms with E-state index < -0.39 is 0 Å². The number of piperidine rings is 1. The van der Waals surface area contributed by atoms with E-state index in [-0.39, 0.29) is 0 Å². The minimum atomic E-state index is 0.590. The highest BCUT2D eigenvalue weighted by Gasteiger charge is 2.22. The quantitative estimate of drug-likeness (QED) is 0.586. The maximum absolute atomic E-state index is 4.67. The van der Waals surface area contributed by atoms with Crippen LogP contribution in [-0.4, -0.2) is 49.6 Å². The first-order chi connectivity index (χ1) is 13.7. The monoisotopic (exact) mass is 374 g/mol. The van der Waals surface area contributed by atoms with Crippen LogP contribution in [0.2, 0.25) is 0 Å². The van der Waals surface area contributed by atoms with Crippen LogP contribution in [-0.2, 0) is 6.42 Å². The van der Waals surface area contributed by atoms with Crippen LogP contribution in [0, 0.1) is 0 Å². The number of aromatic amines is 1. The zero-order chi connectivity index (χ0) is 19.1. The summed E-state index contributed by atoms with van der Waals surface area (Å²) in [5.41, 5.74) is 5.83. The van der Waals surface area contributed by atoms with Crippen LogP contribution in [0.25, 0.3) is 27.7 Å². The van der Waals surface area contributed by atoms with Gasteiger partial charge in [-0.2, -0.15) is 5.10 Å². The lowest BCUT2D eigenvalue weighted by Gasteiger charge is -2.28. The van der Waals surface area contributed by atoms with E-state index in [2.05, 4.69) is 63.4 Å². The van der Waals surface area contributed by atoms with Crippen LogP contribution in [0.3, 0.4) is 0 Å². The van der Waals surface area contributed by atoms with Crippen LogP contribution in [0.4, 0.5) is 0 Å². The Hall–Kier alpha value is -2.73. The van der Waals surface area contributed by atoms with Gasteiger partial charge in [0.1, 0.15) is 11.5 Å². The van der Waals surface area contributed by atoms with Crippen LogP contribution in [0.1, 0.15) is 43.5 Å². The Bertz CT molecular complexity index is 1120. The zero-order valence-electron chi connectivity index (χ0n) is 16.5. The number of hydrogen-bond acceptors (Lipinski definition) is 4. The van der Waals surface area contributed by atoms with Gasteiger partial charge in [-0.25, -0.2) is 14.5 Å². The largest absolute Gasteiger partial charge is 0.345 e. The van der Waals surface area contributed by atoms with Crippen molar-refractivity contribution in [1.82, 2.24) is 29.5 Å². The van der Waals surface area contributed by atoms with E-state index in [4.69, 9.17) is 0 Å². The SMILES string of the molecule is CCCc1ncc2c(-c3ccn4ncc(C5CCN(C)CC5)c4c3)c[nH]c2n1. The number of pyridine rings is 1. The number of H-pyrrole nitrogens is 1. The van der Waals surface area contributed by atoms with Crippen molar-refractivity contribution in [2.45, 2.75) is 38.5 Å². The fourth-order valence-electron chi connectivity index (χ4n) is 4.33. The molecule has 0 aromatic carbocycles.